The van der Waals surface area contributed by atoms with Crippen LogP contribution >= 0.6 is 0 Å². The Morgan fingerprint density at radius 1 is 1.25 bits per heavy atom. The third kappa shape index (κ3) is 6.66. The molecule has 1 amide bonds. The molecule has 0 saturated heterocycles. The number of hydrogen-bond donors (Lipinski definition) is 1. The predicted molar refractivity (Wildman–Crippen MR) is 121 cm³/mol. The summed E-state index contributed by atoms with van der Waals surface area (Å²) in [5, 5.41) is 6.69. The molecule has 36 heavy (non-hydrogen) atoms. The molecule has 0 fully saturated rings. The molecule has 1 unspecified atom stereocenters. The summed E-state index contributed by atoms with van der Waals surface area (Å²) in [4.78, 5) is 42.1. The zero-order valence-electron chi connectivity index (χ0n) is 19.9. The number of aromatic nitrogens is 4. The van der Waals surface area contributed by atoms with Gasteiger partial charge in [0.05, 0.1) is 12.1 Å². The van der Waals surface area contributed by atoms with E-state index in [1.807, 2.05) is 0 Å². The van der Waals surface area contributed by atoms with Crippen LogP contribution in [0.15, 0.2) is 49.2 Å². The minimum Gasteiger partial charge on any atom is -0.460 e. The van der Waals surface area contributed by atoms with Crippen molar-refractivity contribution in [1.82, 2.24) is 20.1 Å². The van der Waals surface area contributed by atoms with Gasteiger partial charge in [0.25, 0.3) is 6.33 Å². The fourth-order valence-electron chi connectivity index (χ4n) is 3.12. The smallest absolute Gasteiger partial charge is 0.418 e. The van der Waals surface area contributed by atoms with E-state index in [4.69, 9.17) is 9.47 Å². The average Bonchev–Trinajstić information content (AvgIpc) is 3.32. The quantitative estimate of drug-likeness (QED) is 0.253. The first-order chi connectivity index (χ1) is 17.2. The van der Waals surface area contributed by atoms with Crippen LogP contribution in [0.25, 0.3) is 0 Å². The molecule has 0 aliphatic heterocycles. The molecule has 11 nitrogen and oxygen atoms in total. The van der Waals surface area contributed by atoms with E-state index in [2.05, 4.69) is 15.4 Å². The number of ether oxygens (including phenoxy) is 2. The van der Waals surface area contributed by atoms with Gasteiger partial charge in [0.1, 0.15) is 24.1 Å². The van der Waals surface area contributed by atoms with Crippen molar-refractivity contribution >= 4 is 23.7 Å². The van der Waals surface area contributed by atoms with Gasteiger partial charge in [0.2, 0.25) is 18.3 Å². The summed E-state index contributed by atoms with van der Waals surface area (Å²) in [5.74, 6) is -2.46. The molecule has 1 N–H and O–H groups in total. The molecular formula is C23H25F2N6O5+. The highest BCUT2D eigenvalue weighted by Crippen LogP contribution is 2.19. The molecule has 0 aliphatic rings. The van der Waals surface area contributed by atoms with Crippen molar-refractivity contribution in [2.24, 2.45) is 0 Å². The molecule has 3 aromatic rings. The number of benzene rings is 1. The Morgan fingerprint density at radius 2 is 2.03 bits per heavy atom. The number of amides is 1. The summed E-state index contributed by atoms with van der Waals surface area (Å²) in [5.41, 5.74) is 0.110. The summed E-state index contributed by atoms with van der Waals surface area (Å²) >= 11 is 0. The largest absolute Gasteiger partial charge is 0.460 e. The van der Waals surface area contributed by atoms with Crippen molar-refractivity contribution in [3.05, 3.63) is 71.9 Å². The van der Waals surface area contributed by atoms with E-state index in [1.54, 1.807) is 26.1 Å². The Labute approximate surface area is 205 Å². The Morgan fingerprint density at radius 3 is 2.78 bits per heavy atom. The number of ketones is 1. The fourth-order valence-corrected chi connectivity index (χ4v) is 3.12. The van der Waals surface area contributed by atoms with Crippen molar-refractivity contribution in [1.29, 1.82) is 0 Å². The van der Waals surface area contributed by atoms with E-state index in [1.165, 1.54) is 40.0 Å². The van der Waals surface area contributed by atoms with Crippen LogP contribution in [0.3, 0.4) is 0 Å². The minimum atomic E-state index is -0.838. The molecule has 1 aromatic carbocycles. The first-order valence-electron chi connectivity index (χ1n) is 10.8. The van der Waals surface area contributed by atoms with E-state index < -0.39 is 35.7 Å². The zero-order chi connectivity index (χ0) is 26.2. The number of hydrogen-bond acceptors (Lipinski definition) is 8. The van der Waals surface area contributed by atoms with Crippen molar-refractivity contribution in [2.75, 3.05) is 25.5 Å². The Bertz CT molecular complexity index is 1250. The van der Waals surface area contributed by atoms with E-state index in [0.29, 0.717) is 5.56 Å². The minimum absolute atomic E-state index is 0.0403. The Hall–Kier alpha value is -4.26. The summed E-state index contributed by atoms with van der Waals surface area (Å²) in [6.07, 6.45) is 2.61. The molecule has 0 aliphatic carbocycles. The summed E-state index contributed by atoms with van der Waals surface area (Å²) in [6.45, 7) is 1.18. The SMILES string of the molecule is CNCC(=O)OCc1cccnc1N(C)C(=O)OC(C)[n+]1cnn(CC(=O)c2cc(F)ccc2F)c1. The predicted octanol–water partition coefficient (Wildman–Crippen LogP) is 1.78. The number of Topliss-reactive ketones (excluding diaryl/α,β-unsaturated/α-hetero) is 1. The molecular weight excluding hydrogens is 478 g/mol. The number of likely N-dealkylation sites (N-methyl/N-ethyl adjacent to an activating group) is 1. The number of esters is 1. The van der Waals surface area contributed by atoms with Crippen LogP contribution in [0, 0.1) is 11.6 Å². The third-order valence-corrected chi connectivity index (χ3v) is 4.99. The summed E-state index contributed by atoms with van der Waals surface area (Å²) in [7, 11) is 3.07. The summed E-state index contributed by atoms with van der Waals surface area (Å²) < 4.78 is 40.5. The maximum Gasteiger partial charge on any atom is 0.418 e. The van der Waals surface area contributed by atoms with Gasteiger partial charge in [-0.15, -0.1) is 4.68 Å². The number of nitrogens with one attached hydrogen (secondary N) is 1. The number of halogens is 2. The van der Waals surface area contributed by atoms with Gasteiger partial charge >= 0.3 is 12.1 Å². The lowest BCUT2D eigenvalue weighted by atomic mass is 10.1. The Kier molecular flexibility index (Phi) is 8.73. The maximum absolute atomic E-state index is 13.8. The monoisotopic (exact) mass is 503 g/mol. The second kappa shape index (κ2) is 11.9. The molecule has 190 valence electrons. The topological polar surface area (TPSA) is 120 Å². The fraction of sp³-hybridized carbons (Fsp3) is 0.304. The number of anilines is 1. The molecule has 2 aromatic heterocycles. The molecule has 13 heteroatoms. The molecule has 1 atom stereocenters. The van der Waals surface area contributed by atoms with Gasteiger partial charge in [0.15, 0.2) is 6.54 Å². The van der Waals surface area contributed by atoms with E-state index in [-0.39, 0.29) is 31.1 Å². The van der Waals surface area contributed by atoms with E-state index >= 15 is 0 Å². The zero-order valence-corrected chi connectivity index (χ0v) is 19.9. The standard InChI is InChI=1S/C23H25F2N6O5/c1-15(30-13-28-31(14-30)11-20(32)18-9-17(24)6-7-19(18)25)36-23(34)29(3)22-16(5-4-8-27-22)12-35-21(33)10-26-2/h4-9,13-15,26H,10-12H2,1-3H3/q+1. The molecule has 0 spiro atoms. The van der Waals surface area contributed by atoms with Gasteiger partial charge in [-0.2, -0.15) is 4.57 Å². The van der Waals surface area contributed by atoms with Crippen molar-refractivity contribution in [3.63, 3.8) is 0 Å². The van der Waals surface area contributed by atoms with E-state index in [9.17, 15) is 23.2 Å². The first kappa shape index (κ1) is 26.3. The van der Waals surface area contributed by atoms with Gasteiger partial charge < -0.3 is 14.8 Å². The van der Waals surface area contributed by atoms with Crippen LogP contribution in [0.5, 0.6) is 0 Å². The highest BCUT2D eigenvalue weighted by Gasteiger charge is 2.24. The number of carbonyl (C=O) groups is 3. The maximum atomic E-state index is 13.8. The van der Waals surface area contributed by atoms with Crippen LogP contribution < -0.4 is 14.8 Å². The molecule has 2 heterocycles. The third-order valence-electron chi connectivity index (χ3n) is 4.99. The Balaban J connectivity index is 1.63. The van der Waals surface area contributed by atoms with Crippen LogP contribution in [-0.4, -0.2) is 53.3 Å². The lowest BCUT2D eigenvalue weighted by Crippen LogP contribution is -2.41. The van der Waals surface area contributed by atoms with Crippen LogP contribution in [0.2, 0.25) is 0 Å². The van der Waals surface area contributed by atoms with Gasteiger partial charge in [0, 0.05) is 30.8 Å². The van der Waals surface area contributed by atoms with Gasteiger partial charge in [-0.05, 0) is 31.3 Å². The number of rotatable bonds is 10. The van der Waals surface area contributed by atoms with Gasteiger partial charge in [-0.1, -0.05) is 6.07 Å². The number of nitrogens with zero attached hydrogens (tertiary/aromatic N) is 5. The molecule has 0 radical (unpaired) electrons. The number of pyridine rings is 1. The van der Waals surface area contributed by atoms with Gasteiger partial charge in [-0.3, -0.25) is 14.5 Å². The second-order valence-electron chi connectivity index (χ2n) is 7.66. The first-order valence-corrected chi connectivity index (χ1v) is 10.8. The number of carbonyl (C=O) groups excluding carboxylic acids is 3. The van der Waals surface area contributed by atoms with Gasteiger partial charge in [-0.25, -0.2) is 18.6 Å². The van der Waals surface area contributed by atoms with Crippen molar-refractivity contribution < 1.29 is 37.2 Å². The van der Waals surface area contributed by atoms with Crippen LogP contribution in [0.4, 0.5) is 19.4 Å². The second-order valence-corrected chi connectivity index (χ2v) is 7.66. The highest BCUT2D eigenvalue weighted by molar-refractivity contribution is 5.96. The lowest BCUT2D eigenvalue weighted by molar-refractivity contribution is -0.753. The molecule has 0 bridgehead atoms. The van der Waals surface area contributed by atoms with E-state index in [0.717, 1.165) is 18.2 Å². The average molecular weight is 503 g/mol. The van der Waals surface area contributed by atoms with Crippen molar-refractivity contribution in [2.45, 2.75) is 26.3 Å². The van der Waals surface area contributed by atoms with Crippen LogP contribution in [-0.2, 0) is 27.4 Å². The van der Waals surface area contributed by atoms with Crippen molar-refractivity contribution in [3.8, 4) is 0 Å². The van der Waals surface area contributed by atoms with Crippen LogP contribution in [0.1, 0.15) is 29.1 Å². The highest BCUT2D eigenvalue weighted by atomic mass is 19.1. The molecule has 3 rings (SSSR count). The summed E-state index contributed by atoms with van der Waals surface area (Å²) in [6, 6.07) is 5.94. The normalized spacial score (nSPS) is 11.6. The lowest BCUT2D eigenvalue weighted by Gasteiger charge is -2.20. The molecule has 0 saturated carbocycles.